The van der Waals surface area contributed by atoms with E-state index in [-0.39, 0.29) is 24.1 Å². The van der Waals surface area contributed by atoms with Crippen LogP contribution in [0.3, 0.4) is 0 Å². The number of nitrogens with zero attached hydrogens (tertiary/aromatic N) is 3. The highest BCUT2D eigenvalue weighted by atomic mass is 35.5. The van der Waals surface area contributed by atoms with Crippen LogP contribution in [0.25, 0.3) is 0 Å². The summed E-state index contributed by atoms with van der Waals surface area (Å²) in [4.78, 5) is 31.6. The van der Waals surface area contributed by atoms with Crippen LogP contribution in [-0.2, 0) is 28.9 Å². The smallest absolute Gasteiger partial charge is 0.416 e. The Hall–Kier alpha value is -3.56. The van der Waals surface area contributed by atoms with Gasteiger partial charge in [-0.3, -0.25) is 14.5 Å². The molecule has 1 aliphatic heterocycles. The molecule has 0 aromatic heterocycles. The van der Waals surface area contributed by atoms with Crippen molar-refractivity contribution < 1.29 is 27.5 Å². The Kier molecular flexibility index (Phi) is 9.71. The predicted octanol–water partition coefficient (Wildman–Crippen LogP) is 6.03. The molecule has 0 spiro atoms. The lowest BCUT2D eigenvalue weighted by Gasteiger charge is -2.28. The first kappa shape index (κ1) is 29.4. The third kappa shape index (κ3) is 7.99. The molecule has 0 atom stereocenters. The quantitative estimate of drug-likeness (QED) is 0.374. The van der Waals surface area contributed by atoms with Crippen LogP contribution in [0.15, 0.2) is 72.8 Å². The lowest BCUT2D eigenvalue weighted by atomic mass is 10.1. The number of hydrogen-bond acceptors (Lipinski definition) is 4. The number of ether oxygens (including phenoxy) is 1. The Morgan fingerprint density at radius 1 is 0.925 bits per heavy atom. The van der Waals surface area contributed by atoms with Gasteiger partial charge in [-0.15, -0.1) is 0 Å². The lowest BCUT2D eigenvalue weighted by Crippen LogP contribution is -2.40. The van der Waals surface area contributed by atoms with E-state index < -0.39 is 18.3 Å². The van der Waals surface area contributed by atoms with Crippen molar-refractivity contribution in [1.82, 2.24) is 9.80 Å². The molecule has 0 N–H and O–H groups in total. The maximum absolute atomic E-state index is 13.4. The molecular formula is C30H31ClF3N3O3. The first-order valence-corrected chi connectivity index (χ1v) is 13.4. The van der Waals surface area contributed by atoms with Gasteiger partial charge in [0.25, 0.3) is 5.91 Å². The van der Waals surface area contributed by atoms with Gasteiger partial charge in [0, 0.05) is 51.2 Å². The third-order valence-corrected chi connectivity index (χ3v) is 6.98. The van der Waals surface area contributed by atoms with Crippen molar-refractivity contribution in [3.8, 4) is 5.75 Å². The summed E-state index contributed by atoms with van der Waals surface area (Å²) in [7, 11) is 0. The highest BCUT2D eigenvalue weighted by Crippen LogP contribution is 2.31. The number of halogens is 4. The normalized spacial score (nSPS) is 15.2. The van der Waals surface area contributed by atoms with Crippen molar-refractivity contribution in [1.29, 1.82) is 0 Å². The fourth-order valence-electron chi connectivity index (χ4n) is 4.69. The summed E-state index contributed by atoms with van der Waals surface area (Å²) in [6, 6.07) is 19.7. The van der Waals surface area contributed by atoms with Gasteiger partial charge in [0.05, 0.1) is 11.3 Å². The van der Waals surface area contributed by atoms with Gasteiger partial charge in [-0.25, -0.2) is 0 Å². The molecule has 6 nitrogen and oxygen atoms in total. The topological polar surface area (TPSA) is 53.1 Å². The van der Waals surface area contributed by atoms with Gasteiger partial charge in [0.2, 0.25) is 5.91 Å². The number of rotatable bonds is 5. The van der Waals surface area contributed by atoms with Crippen LogP contribution in [0.1, 0.15) is 30.0 Å². The number of anilines is 1. The largest absolute Gasteiger partial charge is 0.484 e. The minimum atomic E-state index is -4.52. The summed E-state index contributed by atoms with van der Waals surface area (Å²) in [5, 5.41) is 0.469. The number of alkyl halides is 3. The van der Waals surface area contributed by atoms with Crippen molar-refractivity contribution in [2.24, 2.45) is 0 Å². The minimum absolute atomic E-state index is 0.0401. The van der Waals surface area contributed by atoms with E-state index in [0.29, 0.717) is 49.9 Å². The van der Waals surface area contributed by atoms with Crippen LogP contribution in [0, 0.1) is 0 Å². The second-order valence-corrected chi connectivity index (χ2v) is 10.1. The Morgan fingerprint density at radius 3 is 2.42 bits per heavy atom. The summed E-state index contributed by atoms with van der Waals surface area (Å²) in [5.74, 6) is -0.559. The molecule has 3 aromatic rings. The summed E-state index contributed by atoms with van der Waals surface area (Å²) in [5.41, 5.74) is 1.65. The SMILES string of the molecule is CC(=O)N1CCCN(Cc2ccccc2)CCN(C(=O)COc2cccc(C(F)(F)F)c2)Cc2ccc(Cl)cc21. The zero-order chi connectivity index (χ0) is 28.7. The molecule has 0 unspecified atom stereocenters. The number of amides is 2. The standard InChI is InChI=1S/C30H31ClF3N3O3/c1-22(38)37-14-6-13-35(19-23-7-3-2-4-8-23)15-16-36(20-24-11-12-26(31)18-28(24)37)29(39)21-40-27-10-5-9-25(17-27)30(32,33)34/h2-5,7-12,17-18H,6,13-16,19-21H2,1H3. The summed E-state index contributed by atoms with van der Waals surface area (Å²) in [6.45, 7) is 4.02. The summed E-state index contributed by atoms with van der Waals surface area (Å²) < 4.78 is 44.9. The molecule has 0 radical (unpaired) electrons. The Bertz CT molecular complexity index is 1320. The number of carbonyl (C=O) groups is 2. The maximum atomic E-state index is 13.4. The summed E-state index contributed by atoms with van der Waals surface area (Å²) >= 11 is 6.29. The Balaban J connectivity index is 1.58. The fraction of sp³-hybridized carbons (Fsp3) is 0.333. The second kappa shape index (κ2) is 13.2. The van der Waals surface area contributed by atoms with Gasteiger partial charge in [0.15, 0.2) is 6.61 Å². The van der Waals surface area contributed by atoms with Crippen LogP contribution < -0.4 is 9.64 Å². The van der Waals surface area contributed by atoms with Crippen LogP contribution in [-0.4, -0.2) is 54.4 Å². The predicted molar refractivity (Wildman–Crippen MR) is 148 cm³/mol. The molecule has 2 amide bonds. The van der Waals surface area contributed by atoms with Gasteiger partial charge in [-0.1, -0.05) is 54.1 Å². The van der Waals surface area contributed by atoms with E-state index >= 15 is 0 Å². The minimum Gasteiger partial charge on any atom is -0.484 e. The van der Waals surface area contributed by atoms with Crippen molar-refractivity contribution in [3.63, 3.8) is 0 Å². The van der Waals surface area contributed by atoms with Gasteiger partial charge >= 0.3 is 6.18 Å². The molecule has 40 heavy (non-hydrogen) atoms. The molecule has 0 saturated carbocycles. The highest BCUT2D eigenvalue weighted by Gasteiger charge is 2.31. The first-order chi connectivity index (χ1) is 19.1. The Morgan fingerprint density at radius 2 is 1.70 bits per heavy atom. The van der Waals surface area contributed by atoms with Crippen LogP contribution in [0.2, 0.25) is 5.02 Å². The third-order valence-electron chi connectivity index (χ3n) is 6.75. The summed E-state index contributed by atoms with van der Waals surface area (Å²) in [6.07, 6.45) is -3.80. The molecule has 0 aliphatic carbocycles. The van der Waals surface area contributed by atoms with Gasteiger partial charge in [-0.05, 0) is 47.9 Å². The van der Waals surface area contributed by atoms with Crippen molar-refractivity contribution in [2.75, 3.05) is 37.7 Å². The van der Waals surface area contributed by atoms with E-state index in [1.54, 1.807) is 28.0 Å². The first-order valence-electron chi connectivity index (χ1n) is 13.0. The molecule has 1 aliphatic rings. The average Bonchev–Trinajstić information content (AvgIpc) is 2.95. The van der Waals surface area contributed by atoms with Crippen molar-refractivity contribution in [3.05, 3.63) is 94.5 Å². The van der Waals surface area contributed by atoms with Gasteiger partial charge in [-0.2, -0.15) is 13.2 Å². The zero-order valence-corrected chi connectivity index (χ0v) is 22.9. The lowest BCUT2D eigenvalue weighted by molar-refractivity contribution is -0.137. The molecular weight excluding hydrogens is 543 g/mol. The Labute approximate surface area is 236 Å². The van der Waals surface area contributed by atoms with E-state index in [1.807, 2.05) is 30.3 Å². The molecule has 0 fully saturated rings. The number of carbonyl (C=O) groups excluding carboxylic acids is 2. The molecule has 212 valence electrons. The van der Waals surface area contributed by atoms with E-state index in [9.17, 15) is 22.8 Å². The molecule has 3 aromatic carbocycles. The van der Waals surface area contributed by atoms with Crippen molar-refractivity contribution >= 4 is 29.1 Å². The fourth-order valence-corrected chi connectivity index (χ4v) is 4.86. The zero-order valence-electron chi connectivity index (χ0n) is 22.2. The van der Waals surface area contributed by atoms with E-state index in [4.69, 9.17) is 16.3 Å². The van der Waals surface area contributed by atoms with Crippen molar-refractivity contribution in [2.45, 2.75) is 32.6 Å². The maximum Gasteiger partial charge on any atom is 0.416 e. The van der Waals surface area contributed by atoms with Gasteiger partial charge in [0.1, 0.15) is 5.75 Å². The van der Waals surface area contributed by atoms with E-state index in [0.717, 1.165) is 23.3 Å². The van der Waals surface area contributed by atoms with Gasteiger partial charge < -0.3 is 14.5 Å². The molecule has 4 rings (SSSR count). The number of hydrogen-bond donors (Lipinski definition) is 0. The van der Waals surface area contributed by atoms with Crippen LogP contribution in [0.5, 0.6) is 5.75 Å². The monoisotopic (exact) mass is 573 g/mol. The molecule has 1 heterocycles. The molecule has 0 saturated heterocycles. The highest BCUT2D eigenvalue weighted by molar-refractivity contribution is 6.31. The van der Waals surface area contributed by atoms with E-state index in [2.05, 4.69) is 4.90 Å². The average molecular weight is 574 g/mol. The second-order valence-electron chi connectivity index (χ2n) is 9.69. The number of fused-ring (bicyclic) bond motifs is 1. The molecule has 10 heteroatoms. The molecule has 0 bridgehead atoms. The van der Waals surface area contributed by atoms with Crippen LogP contribution >= 0.6 is 11.6 Å². The van der Waals surface area contributed by atoms with Crippen LogP contribution in [0.4, 0.5) is 18.9 Å². The number of benzene rings is 3. The van der Waals surface area contributed by atoms with E-state index in [1.165, 1.54) is 19.1 Å².